The molecule has 3 nitrogen and oxygen atoms in total. The van der Waals surface area contributed by atoms with Crippen LogP contribution in [0, 0.1) is 6.92 Å². The van der Waals surface area contributed by atoms with Crippen molar-refractivity contribution < 1.29 is 4.79 Å². The average molecular weight is 346 g/mol. The second kappa shape index (κ2) is 8.15. The van der Waals surface area contributed by atoms with Crippen molar-refractivity contribution in [1.82, 2.24) is 5.32 Å². The zero-order valence-electron chi connectivity index (χ0n) is 15.7. The SMILES string of the molecule is CCc1cccc(C)c1NC(=O)CN[C@@H](C)c1cccc2ccccc12. The lowest BCUT2D eigenvalue weighted by Crippen LogP contribution is -2.30. The second-order valence-corrected chi connectivity index (χ2v) is 6.68. The van der Waals surface area contributed by atoms with Crippen LogP contribution in [-0.4, -0.2) is 12.5 Å². The van der Waals surface area contributed by atoms with Crippen molar-refractivity contribution in [3.8, 4) is 0 Å². The average Bonchev–Trinajstić information content (AvgIpc) is 2.67. The minimum Gasteiger partial charge on any atom is -0.324 e. The molecule has 1 amide bonds. The Bertz CT molecular complexity index is 912. The summed E-state index contributed by atoms with van der Waals surface area (Å²) in [5.74, 6) is -0.0129. The Morgan fingerprint density at radius 2 is 1.73 bits per heavy atom. The molecule has 0 radical (unpaired) electrons. The zero-order chi connectivity index (χ0) is 18.5. The van der Waals surface area contributed by atoms with Crippen LogP contribution in [0.15, 0.2) is 60.7 Å². The summed E-state index contributed by atoms with van der Waals surface area (Å²) in [4.78, 5) is 12.5. The highest BCUT2D eigenvalue weighted by molar-refractivity contribution is 5.94. The van der Waals surface area contributed by atoms with Crippen LogP contribution >= 0.6 is 0 Å². The number of anilines is 1. The standard InChI is InChI=1S/C23H26N2O/c1-4-18-11-7-9-16(2)23(18)25-22(26)15-24-17(3)20-14-8-12-19-10-5-6-13-21(19)20/h5-14,17,24H,4,15H2,1-3H3,(H,25,26)/t17-/m0/s1. The number of carbonyl (C=O) groups excluding carboxylic acids is 1. The first-order valence-electron chi connectivity index (χ1n) is 9.19. The molecule has 0 aliphatic heterocycles. The third-order valence-electron chi connectivity index (χ3n) is 4.86. The maximum absolute atomic E-state index is 12.5. The quantitative estimate of drug-likeness (QED) is 0.659. The Balaban J connectivity index is 1.68. The predicted octanol–water partition coefficient (Wildman–Crippen LogP) is 5.00. The number of para-hydroxylation sites is 1. The third-order valence-corrected chi connectivity index (χ3v) is 4.86. The minimum absolute atomic E-state index is 0.0129. The van der Waals surface area contributed by atoms with E-state index < -0.39 is 0 Å². The molecule has 0 fully saturated rings. The van der Waals surface area contributed by atoms with E-state index in [9.17, 15) is 4.79 Å². The van der Waals surface area contributed by atoms with E-state index >= 15 is 0 Å². The molecule has 3 aromatic carbocycles. The Hall–Kier alpha value is -2.65. The van der Waals surface area contributed by atoms with E-state index in [-0.39, 0.29) is 18.5 Å². The highest BCUT2D eigenvalue weighted by Gasteiger charge is 2.12. The molecule has 0 aliphatic rings. The molecule has 1 atom stereocenters. The molecule has 0 aliphatic carbocycles. The predicted molar refractivity (Wildman–Crippen MR) is 110 cm³/mol. The normalized spacial score (nSPS) is 12.1. The zero-order valence-corrected chi connectivity index (χ0v) is 15.7. The Morgan fingerprint density at radius 3 is 2.54 bits per heavy atom. The maximum Gasteiger partial charge on any atom is 0.238 e. The van der Waals surface area contributed by atoms with Gasteiger partial charge in [0, 0.05) is 11.7 Å². The summed E-state index contributed by atoms with van der Waals surface area (Å²) >= 11 is 0. The molecule has 0 unspecified atom stereocenters. The van der Waals surface area contributed by atoms with Crippen molar-refractivity contribution in [2.45, 2.75) is 33.2 Å². The van der Waals surface area contributed by atoms with Crippen LogP contribution < -0.4 is 10.6 Å². The lowest BCUT2D eigenvalue weighted by molar-refractivity contribution is -0.115. The van der Waals surface area contributed by atoms with Crippen LogP contribution in [0.25, 0.3) is 10.8 Å². The number of rotatable bonds is 6. The van der Waals surface area contributed by atoms with Crippen LogP contribution in [0.3, 0.4) is 0 Å². The molecule has 0 aromatic heterocycles. The molecular weight excluding hydrogens is 320 g/mol. The van der Waals surface area contributed by atoms with Gasteiger partial charge in [0.05, 0.1) is 6.54 Å². The number of fused-ring (bicyclic) bond motifs is 1. The lowest BCUT2D eigenvalue weighted by atomic mass is 10.00. The number of hydrogen-bond acceptors (Lipinski definition) is 2. The van der Waals surface area contributed by atoms with E-state index in [1.54, 1.807) is 0 Å². The molecule has 0 saturated heterocycles. The van der Waals surface area contributed by atoms with Gasteiger partial charge in [-0.3, -0.25) is 4.79 Å². The Kier molecular flexibility index (Phi) is 5.69. The van der Waals surface area contributed by atoms with Crippen molar-refractivity contribution in [2.24, 2.45) is 0 Å². The Morgan fingerprint density at radius 1 is 1.00 bits per heavy atom. The first kappa shape index (κ1) is 18.2. The van der Waals surface area contributed by atoms with Crippen molar-refractivity contribution in [2.75, 3.05) is 11.9 Å². The number of hydrogen-bond donors (Lipinski definition) is 2. The van der Waals surface area contributed by atoms with Gasteiger partial charge in [0.15, 0.2) is 0 Å². The molecule has 0 spiro atoms. The van der Waals surface area contributed by atoms with E-state index in [1.807, 2.05) is 25.1 Å². The molecular formula is C23H26N2O. The molecule has 0 bridgehead atoms. The second-order valence-electron chi connectivity index (χ2n) is 6.68. The van der Waals surface area contributed by atoms with Gasteiger partial charge in [-0.2, -0.15) is 0 Å². The topological polar surface area (TPSA) is 41.1 Å². The highest BCUT2D eigenvalue weighted by atomic mass is 16.1. The minimum atomic E-state index is -0.0129. The summed E-state index contributed by atoms with van der Waals surface area (Å²) in [5.41, 5.74) is 4.42. The van der Waals surface area contributed by atoms with Crippen molar-refractivity contribution >= 4 is 22.4 Å². The van der Waals surface area contributed by atoms with Gasteiger partial charge >= 0.3 is 0 Å². The van der Waals surface area contributed by atoms with Crippen LogP contribution in [0.5, 0.6) is 0 Å². The summed E-state index contributed by atoms with van der Waals surface area (Å²) in [6.45, 7) is 6.51. The summed E-state index contributed by atoms with van der Waals surface area (Å²) in [7, 11) is 0. The summed E-state index contributed by atoms with van der Waals surface area (Å²) in [6, 6.07) is 20.9. The van der Waals surface area contributed by atoms with Gasteiger partial charge in [-0.15, -0.1) is 0 Å². The molecule has 26 heavy (non-hydrogen) atoms. The van der Waals surface area contributed by atoms with E-state index in [2.05, 4.69) is 66.9 Å². The molecule has 3 rings (SSSR count). The van der Waals surface area contributed by atoms with Crippen LogP contribution in [0.1, 0.15) is 36.6 Å². The molecule has 3 heteroatoms. The van der Waals surface area contributed by atoms with Gasteiger partial charge in [-0.1, -0.05) is 67.6 Å². The van der Waals surface area contributed by atoms with Crippen molar-refractivity contribution in [3.05, 3.63) is 77.4 Å². The van der Waals surface area contributed by atoms with Crippen molar-refractivity contribution in [1.29, 1.82) is 0 Å². The van der Waals surface area contributed by atoms with E-state index in [0.717, 1.165) is 17.7 Å². The number of carbonyl (C=O) groups is 1. The largest absolute Gasteiger partial charge is 0.324 e. The van der Waals surface area contributed by atoms with Gasteiger partial charge < -0.3 is 10.6 Å². The van der Waals surface area contributed by atoms with E-state index in [1.165, 1.54) is 21.9 Å². The third kappa shape index (κ3) is 3.94. The van der Waals surface area contributed by atoms with Crippen LogP contribution in [-0.2, 0) is 11.2 Å². The number of nitrogens with one attached hydrogen (secondary N) is 2. The van der Waals surface area contributed by atoms with Crippen LogP contribution in [0.4, 0.5) is 5.69 Å². The van der Waals surface area contributed by atoms with Gasteiger partial charge in [0.25, 0.3) is 0 Å². The fraction of sp³-hybridized carbons (Fsp3) is 0.261. The first-order chi connectivity index (χ1) is 12.6. The number of aryl methyl sites for hydroxylation is 2. The molecule has 2 N–H and O–H groups in total. The summed E-state index contributed by atoms with van der Waals surface area (Å²) < 4.78 is 0. The monoisotopic (exact) mass is 346 g/mol. The van der Waals surface area contributed by atoms with Gasteiger partial charge in [0.2, 0.25) is 5.91 Å². The molecule has 0 heterocycles. The number of benzene rings is 3. The highest BCUT2D eigenvalue weighted by Crippen LogP contribution is 2.24. The Labute approximate surface area is 155 Å². The molecule has 3 aromatic rings. The summed E-state index contributed by atoms with van der Waals surface area (Å²) in [5, 5.41) is 8.87. The van der Waals surface area contributed by atoms with Gasteiger partial charge in [-0.25, -0.2) is 0 Å². The fourth-order valence-corrected chi connectivity index (χ4v) is 3.37. The smallest absolute Gasteiger partial charge is 0.238 e. The first-order valence-corrected chi connectivity index (χ1v) is 9.19. The number of amides is 1. The van der Waals surface area contributed by atoms with E-state index in [4.69, 9.17) is 0 Å². The maximum atomic E-state index is 12.5. The fourth-order valence-electron chi connectivity index (χ4n) is 3.37. The molecule has 134 valence electrons. The van der Waals surface area contributed by atoms with Crippen LogP contribution in [0.2, 0.25) is 0 Å². The summed E-state index contributed by atoms with van der Waals surface area (Å²) in [6.07, 6.45) is 0.900. The molecule has 0 saturated carbocycles. The van der Waals surface area contributed by atoms with Crippen molar-refractivity contribution in [3.63, 3.8) is 0 Å². The van der Waals surface area contributed by atoms with E-state index in [0.29, 0.717) is 0 Å². The van der Waals surface area contributed by atoms with Gasteiger partial charge in [-0.05, 0) is 47.7 Å². The van der Waals surface area contributed by atoms with Gasteiger partial charge in [0.1, 0.15) is 0 Å². The lowest BCUT2D eigenvalue weighted by Gasteiger charge is -2.18.